The number of nitrogens with zero attached hydrogens (tertiary/aromatic N) is 1. The molecule has 82 valence electrons. The third-order valence-corrected chi connectivity index (χ3v) is 2.03. The fourth-order valence-electron chi connectivity index (χ4n) is 1.29. The Morgan fingerprint density at radius 1 is 1.27 bits per heavy atom. The van der Waals surface area contributed by atoms with Crippen LogP contribution >= 0.6 is 0 Å². The standard InChI is InChI=1S/C12H17NO2/c1-3-10-15-12(14)13(4-2)11-8-6-5-7-9-11/h5-9H,3-4,10H2,1-2H3. The van der Waals surface area contributed by atoms with Crippen molar-refractivity contribution in [2.75, 3.05) is 18.1 Å². The summed E-state index contributed by atoms with van der Waals surface area (Å²) in [6, 6.07) is 9.54. The molecule has 0 bridgehead atoms. The summed E-state index contributed by atoms with van der Waals surface area (Å²) < 4.78 is 5.09. The Kier molecular flexibility index (Phi) is 4.68. The Bertz CT molecular complexity index is 298. The number of hydrogen-bond donors (Lipinski definition) is 0. The summed E-state index contributed by atoms with van der Waals surface area (Å²) in [7, 11) is 0. The number of rotatable bonds is 4. The first kappa shape index (κ1) is 11.6. The van der Waals surface area contributed by atoms with Gasteiger partial charge in [0, 0.05) is 12.2 Å². The SMILES string of the molecule is CCCOC(=O)N(CC)c1ccccc1. The second-order valence-electron chi connectivity index (χ2n) is 3.19. The number of para-hydroxylation sites is 1. The van der Waals surface area contributed by atoms with E-state index in [9.17, 15) is 4.79 Å². The highest BCUT2D eigenvalue weighted by Crippen LogP contribution is 2.13. The number of carbonyl (C=O) groups is 1. The Hall–Kier alpha value is -1.51. The van der Waals surface area contributed by atoms with Gasteiger partial charge in [-0.05, 0) is 25.5 Å². The van der Waals surface area contributed by atoms with Crippen molar-refractivity contribution in [3.8, 4) is 0 Å². The van der Waals surface area contributed by atoms with E-state index in [0.29, 0.717) is 13.2 Å². The molecular formula is C12H17NO2. The molecule has 0 fully saturated rings. The first-order valence-corrected chi connectivity index (χ1v) is 5.29. The minimum atomic E-state index is -0.273. The van der Waals surface area contributed by atoms with Gasteiger partial charge in [0.1, 0.15) is 0 Å². The van der Waals surface area contributed by atoms with Gasteiger partial charge in [0.15, 0.2) is 0 Å². The van der Waals surface area contributed by atoms with Crippen molar-refractivity contribution in [2.24, 2.45) is 0 Å². The largest absolute Gasteiger partial charge is 0.449 e. The number of anilines is 1. The molecule has 1 rings (SSSR count). The van der Waals surface area contributed by atoms with Gasteiger partial charge in [0.25, 0.3) is 0 Å². The molecule has 0 radical (unpaired) electrons. The number of hydrogen-bond acceptors (Lipinski definition) is 2. The number of benzene rings is 1. The lowest BCUT2D eigenvalue weighted by Crippen LogP contribution is -2.31. The van der Waals surface area contributed by atoms with Gasteiger partial charge in [0.05, 0.1) is 6.61 Å². The fraction of sp³-hybridized carbons (Fsp3) is 0.417. The van der Waals surface area contributed by atoms with Gasteiger partial charge in [-0.15, -0.1) is 0 Å². The van der Waals surface area contributed by atoms with E-state index in [4.69, 9.17) is 4.74 Å². The predicted molar refractivity (Wildman–Crippen MR) is 61.1 cm³/mol. The van der Waals surface area contributed by atoms with E-state index in [1.807, 2.05) is 44.2 Å². The first-order chi connectivity index (χ1) is 7.29. The fourth-order valence-corrected chi connectivity index (χ4v) is 1.29. The van der Waals surface area contributed by atoms with Crippen LogP contribution in [-0.4, -0.2) is 19.2 Å². The molecule has 15 heavy (non-hydrogen) atoms. The van der Waals surface area contributed by atoms with Gasteiger partial charge in [-0.2, -0.15) is 0 Å². The minimum absolute atomic E-state index is 0.273. The molecule has 0 heterocycles. The van der Waals surface area contributed by atoms with Crippen LogP contribution in [0, 0.1) is 0 Å². The third-order valence-electron chi connectivity index (χ3n) is 2.03. The smallest absolute Gasteiger partial charge is 0.414 e. The molecule has 0 saturated heterocycles. The highest BCUT2D eigenvalue weighted by Gasteiger charge is 2.13. The maximum atomic E-state index is 11.6. The summed E-state index contributed by atoms with van der Waals surface area (Å²) >= 11 is 0. The van der Waals surface area contributed by atoms with Crippen LogP contribution in [0.3, 0.4) is 0 Å². The molecule has 0 atom stereocenters. The number of amides is 1. The van der Waals surface area contributed by atoms with E-state index in [2.05, 4.69) is 0 Å². The van der Waals surface area contributed by atoms with Crippen molar-refractivity contribution in [1.29, 1.82) is 0 Å². The minimum Gasteiger partial charge on any atom is -0.449 e. The molecule has 0 aromatic heterocycles. The van der Waals surface area contributed by atoms with E-state index >= 15 is 0 Å². The van der Waals surface area contributed by atoms with E-state index in [1.165, 1.54) is 0 Å². The maximum absolute atomic E-state index is 11.6. The van der Waals surface area contributed by atoms with Crippen molar-refractivity contribution in [3.05, 3.63) is 30.3 Å². The molecule has 0 aliphatic rings. The van der Waals surface area contributed by atoms with Crippen LogP contribution in [0.15, 0.2) is 30.3 Å². The summed E-state index contributed by atoms with van der Waals surface area (Å²) in [5, 5.41) is 0. The average Bonchev–Trinajstić information content (AvgIpc) is 2.29. The van der Waals surface area contributed by atoms with Crippen molar-refractivity contribution < 1.29 is 9.53 Å². The molecule has 1 aromatic carbocycles. The van der Waals surface area contributed by atoms with Gasteiger partial charge in [-0.3, -0.25) is 4.90 Å². The average molecular weight is 207 g/mol. The lowest BCUT2D eigenvalue weighted by molar-refractivity contribution is 0.154. The van der Waals surface area contributed by atoms with E-state index in [0.717, 1.165) is 12.1 Å². The summed E-state index contributed by atoms with van der Waals surface area (Å²) in [6.07, 6.45) is 0.573. The third kappa shape index (κ3) is 3.27. The molecule has 0 unspecified atom stereocenters. The van der Waals surface area contributed by atoms with E-state index < -0.39 is 0 Å². The van der Waals surface area contributed by atoms with Crippen LogP contribution in [0.5, 0.6) is 0 Å². The second-order valence-corrected chi connectivity index (χ2v) is 3.19. The predicted octanol–water partition coefficient (Wildman–Crippen LogP) is 3.06. The number of ether oxygens (including phenoxy) is 1. The van der Waals surface area contributed by atoms with Gasteiger partial charge >= 0.3 is 6.09 Å². The summed E-state index contributed by atoms with van der Waals surface area (Å²) in [5.74, 6) is 0. The quantitative estimate of drug-likeness (QED) is 0.759. The Morgan fingerprint density at radius 3 is 2.47 bits per heavy atom. The zero-order valence-electron chi connectivity index (χ0n) is 9.27. The lowest BCUT2D eigenvalue weighted by Gasteiger charge is -2.20. The molecule has 3 nitrogen and oxygen atoms in total. The van der Waals surface area contributed by atoms with Crippen molar-refractivity contribution in [3.63, 3.8) is 0 Å². The normalized spacial score (nSPS) is 9.73. The summed E-state index contributed by atoms with van der Waals surface area (Å²) in [4.78, 5) is 13.3. The van der Waals surface area contributed by atoms with Crippen LogP contribution in [0.1, 0.15) is 20.3 Å². The number of carbonyl (C=O) groups excluding carboxylic acids is 1. The van der Waals surface area contributed by atoms with Crippen LogP contribution in [0.2, 0.25) is 0 Å². The zero-order valence-corrected chi connectivity index (χ0v) is 9.27. The molecular weight excluding hydrogens is 190 g/mol. The zero-order chi connectivity index (χ0) is 11.1. The molecule has 0 aliphatic carbocycles. The van der Waals surface area contributed by atoms with Crippen LogP contribution < -0.4 is 4.90 Å². The second kappa shape index (κ2) is 6.06. The van der Waals surface area contributed by atoms with Crippen molar-refractivity contribution in [2.45, 2.75) is 20.3 Å². The first-order valence-electron chi connectivity index (χ1n) is 5.29. The van der Waals surface area contributed by atoms with Gasteiger partial charge < -0.3 is 4.74 Å². The highest BCUT2D eigenvalue weighted by molar-refractivity contribution is 5.87. The highest BCUT2D eigenvalue weighted by atomic mass is 16.6. The summed E-state index contributed by atoms with van der Waals surface area (Å²) in [5.41, 5.74) is 0.876. The molecule has 0 aliphatic heterocycles. The van der Waals surface area contributed by atoms with Gasteiger partial charge in [-0.25, -0.2) is 4.79 Å². The van der Waals surface area contributed by atoms with Crippen molar-refractivity contribution in [1.82, 2.24) is 0 Å². The monoisotopic (exact) mass is 207 g/mol. The molecule has 0 N–H and O–H groups in total. The molecule has 0 spiro atoms. The lowest BCUT2D eigenvalue weighted by atomic mass is 10.3. The molecule has 1 aromatic rings. The van der Waals surface area contributed by atoms with Crippen LogP contribution in [0.4, 0.5) is 10.5 Å². The van der Waals surface area contributed by atoms with E-state index in [-0.39, 0.29) is 6.09 Å². The van der Waals surface area contributed by atoms with Gasteiger partial charge in [-0.1, -0.05) is 25.1 Å². The van der Waals surface area contributed by atoms with E-state index in [1.54, 1.807) is 4.90 Å². The molecule has 0 saturated carbocycles. The molecule has 1 amide bonds. The Morgan fingerprint density at radius 2 is 1.93 bits per heavy atom. The topological polar surface area (TPSA) is 29.5 Å². The van der Waals surface area contributed by atoms with Crippen LogP contribution in [-0.2, 0) is 4.74 Å². The Labute approximate surface area is 90.7 Å². The molecule has 3 heteroatoms. The van der Waals surface area contributed by atoms with Crippen molar-refractivity contribution >= 4 is 11.8 Å². The van der Waals surface area contributed by atoms with Gasteiger partial charge in [0.2, 0.25) is 0 Å². The van der Waals surface area contributed by atoms with Crippen LogP contribution in [0.25, 0.3) is 0 Å². The summed E-state index contributed by atoms with van der Waals surface area (Å²) in [6.45, 7) is 5.00. The Balaban J connectivity index is 2.67. The maximum Gasteiger partial charge on any atom is 0.414 e.